The molecule has 31 heavy (non-hydrogen) atoms. The predicted octanol–water partition coefficient (Wildman–Crippen LogP) is 5.43. The van der Waals surface area contributed by atoms with Crippen molar-refractivity contribution in [2.75, 3.05) is 6.54 Å². The highest BCUT2D eigenvalue weighted by Crippen LogP contribution is 2.22. The molecule has 0 atom stereocenters. The Kier molecular flexibility index (Phi) is 7.37. The zero-order valence-electron chi connectivity index (χ0n) is 17.4. The predicted molar refractivity (Wildman–Crippen MR) is 122 cm³/mol. The van der Waals surface area contributed by atoms with E-state index in [0.29, 0.717) is 17.5 Å². The van der Waals surface area contributed by atoms with Crippen LogP contribution < -0.4 is 0 Å². The summed E-state index contributed by atoms with van der Waals surface area (Å²) < 4.78 is 13.4. The summed E-state index contributed by atoms with van der Waals surface area (Å²) in [6.45, 7) is 3.95. The molecule has 3 nitrogen and oxygen atoms in total. The molecule has 0 radical (unpaired) electrons. The first kappa shape index (κ1) is 22.9. The third kappa shape index (κ3) is 5.66. The van der Waals surface area contributed by atoms with E-state index in [9.17, 15) is 14.0 Å². The summed E-state index contributed by atoms with van der Waals surface area (Å²) in [7, 11) is 0. The maximum atomic E-state index is 13.4. The Balaban J connectivity index is 0.00000272. The van der Waals surface area contributed by atoms with Crippen molar-refractivity contribution in [1.29, 1.82) is 0 Å². The summed E-state index contributed by atoms with van der Waals surface area (Å²) >= 11 is 0. The Morgan fingerprint density at radius 3 is 2.42 bits per heavy atom. The van der Waals surface area contributed by atoms with E-state index >= 15 is 0 Å². The molecule has 160 valence electrons. The Morgan fingerprint density at radius 2 is 1.68 bits per heavy atom. The molecule has 0 bridgehead atoms. The fraction of sp³-hybridized carbons (Fsp3) is 0.231. The second kappa shape index (κ2) is 9.99. The number of Topliss-reactive ketones (excluding diaryl/α,β-unsaturated/α-hetero) is 2. The lowest BCUT2D eigenvalue weighted by molar-refractivity contribution is 0.0991. The summed E-state index contributed by atoms with van der Waals surface area (Å²) in [5.74, 6) is -0.0951. The molecule has 5 heteroatoms. The number of rotatable bonds is 6. The molecule has 0 N–H and O–H groups in total. The Morgan fingerprint density at radius 1 is 0.903 bits per heavy atom. The minimum Gasteiger partial charge on any atom is -0.295 e. The summed E-state index contributed by atoms with van der Waals surface area (Å²) in [4.78, 5) is 26.5. The summed E-state index contributed by atoms with van der Waals surface area (Å²) in [5.41, 5.74) is 5.60. The average Bonchev–Trinajstić information content (AvgIpc) is 2.74. The Bertz CT molecular complexity index is 1090. The molecule has 1 heterocycles. The molecule has 0 spiro atoms. The van der Waals surface area contributed by atoms with E-state index in [4.69, 9.17) is 0 Å². The maximum Gasteiger partial charge on any atom is 0.167 e. The first-order chi connectivity index (χ1) is 14.5. The van der Waals surface area contributed by atoms with Gasteiger partial charge < -0.3 is 0 Å². The van der Waals surface area contributed by atoms with Crippen LogP contribution in [0.1, 0.15) is 49.9 Å². The molecule has 0 aromatic heterocycles. The molecule has 0 saturated carbocycles. The lowest BCUT2D eigenvalue weighted by atomic mass is 9.98. The molecule has 3 aromatic rings. The number of ketones is 2. The topological polar surface area (TPSA) is 37.4 Å². The van der Waals surface area contributed by atoms with Crippen LogP contribution in [-0.2, 0) is 25.9 Å². The van der Waals surface area contributed by atoms with E-state index in [0.717, 1.165) is 42.7 Å². The van der Waals surface area contributed by atoms with E-state index in [1.165, 1.54) is 18.6 Å². The SMILES string of the molecule is CC(=O)c1ccc(CC(=O)c2cccc(CN3CCc4cc(F)ccc4C3)c2)cc1.Cl. The van der Waals surface area contributed by atoms with Crippen molar-refractivity contribution < 1.29 is 14.0 Å². The highest BCUT2D eigenvalue weighted by atomic mass is 35.5. The van der Waals surface area contributed by atoms with Crippen molar-refractivity contribution in [2.24, 2.45) is 0 Å². The normalized spacial score (nSPS) is 13.2. The lowest BCUT2D eigenvalue weighted by Crippen LogP contribution is -2.30. The fourth-order valence-corrected chi connectivity index (χ4v) is 3.96. The highest BCUT2D eigenvalue weighted by Gasteiger charge is 2.17. The van der Waals surface area contributed by atoms with Crippen molar-refractivity contribution in [2.45, 2.75) is 32.9 Å². The molecule has 0 amide bonds. The van der Waals surface area contributed by atoms with Crippen LogP contribution in [0.5, 0.6) is 0 Å². The van der Waals surface area contributed by atoms with Gasteiger partial charge in [0.05, 0.1) is 0 Å². The minimum atomic E-state index is -0.177. The van der Waals surface area contributed by atoms with Crippen LogP contribution in [-0.4, -0.2) is 23.0 Å². The van der Waals surface area contributed by atoms with Gasteiger partial charge in [-0.2, -0.15) is 0 Å². The number of hydrogen-bond acceptors (Lipinski definition) is 3. The van der Waals surface area contributed by atoms with Gasteiger partial charge in [-0.25, -0.2) is 4.39 Å². The second-order valence-electron chi connectivity index (χ2n) is 7.93. The van der Waals surface area contributed by atoms with Crippen LogP contribution in [0.4, 0.5) is 4.39 Å². The minimum absolute atomic E-state index is 0. The molecule has 4 rings (SSSR count). The number of carbonyl (C=O) groups is 2. The first-order valence-electron chi connectivity index (χ1n) is 10.2. The van der Waals surface area contributed by atoms with Gasteiger partial charge in [0, 0.05) is 37.2 Å². The van der Waals surface area contributed by atoms with Gasteiger partial charge in [0.15, 0.2) is 11.6 Å². The number of fused-ring (bicyclic) bond motifs is 1. The first-order valence-corrected chi connectivity index (χ1v) is 10.2. The van der Waals surface area contributed by atoms with E-state index < -0.39 is 0 Å². The average molecular weight is 438 g/mol. The zero-order chi connectivity index (χ0) is 21.1. The van der Waals surface area contributed by atoms with Crippen molar-refractivity contribution in [3.8, 4) is 0 Å². The molecule has 0 saturated heterocycles. The van der Waals surface area contributed by atoms with Crippen molar-refractivity contribution >= 4 is 24.0 Å². The van der Waals surface area contributed by atoms with E-state index in [-0.39, 0.29) is 29.8 Å². The van der Waals surface area contributed by atoms with E-state index in [1.807, 2.05) is 42.5 Å². The molecule has 0 unspecified atom stereocenters. The summed E-state index contributed by atoms with van der Waals surface area (Å²) in [6, 6.07) is 20.0. The number of halogens is 2. The monoisotopic (exact) mass is 437 g/mol. The fourth-order valence-electron chi connectivity index (χ4n) is 3.96. The van der Waals surface area contributed by atoms with Gasteiger partial charge in [-0.15, -0.1) is 12.4 Å². The Hall–Kier alpha value is -2.82. The number of benzene rings is 3. The largest absolute Gasteiger partial charge is 0.295 e. The molecule has 1 aliphatic heterocycles. The number of nitrogens with zero attached hydrogens (tertiary/aromatic N) is 1. The third-order valence-corrected chi connectivity index (χ3v) is 5.64. The maximum absolute atomic E-state index is 13.4. The van der Waals surface area contributed by atoms with Crippen LogP contribution in [0.25, 0.3) is 0 Å². The molecule has 0 aliphatic carbocycles. The quantitative estimate of drug-likeness (QED) is 0.482. The molecular weight excluding hydrogens is 413 g/mol. The Labute approximate surface area is 188 Å². The van der Waals surface area contributed by atoms with Gasteiger partial charge in [-0.3, -0.25) is 14.5 Å². The van der Waals surface area contributed by atoms with E-state index in [2.05, 4.69) is 4.90 Å². The van der Waals surface area contributed by atoms with Gasteiger partial charge in [-0.1, -0.05) is 48.5 Å². The third-order valence-electron chi connectivity index (χ3n) is 5.64. The van der Waals surface area contributed by atoms with Crippen molar-refractivity contribution in [3.63, 3.8) is 0 Å². The van der Waals surface area contributed by atoms with Crippen LogP contribution in [0, 0.1) is 5.82 Å². The van der Waals surface area contributed by atoms with Gasteiger partial charge in [0.25, 0.3) is 0 Å². The van der Waals surface area contributed by atoms with Crippen molar-refractivity contribution in [1.82, 2.24) is 4.90 Å². The van der Waals surface area contributed by atoms with Gasteiger partial charge in [0.2, 0.25) is 0 Å². The second-order valence-corrected chi connectivity index (χ2v) is 7.93. The van der Waals surface area contributed by atoms with Gasteiger partial charge in [-0.05, 0) is 53.8 Å². The van der Waals surface area contributed by atoms with E-state index in [1.54, 1.807) is 18.2 Å². The molecule has 1 aliphatic rings. The molecule has 3 aromatic carbocycles. The number of carbonyl (C=O) groups excluding carboxylic acids is 2. The lowest BCUT2D eigenvalue weighted by Gasteiger charge is -2.28. The van der Waals surface area contributed by atoms with Crippen LogP contribution in [0.2, 0.25) is 0 Å². The van der Waals surface area contributed by atoms with Gasteiger partial charge >= 0.3 is 0 Å². The smallest absolute Gasteiger partial charge is 0.167 e. The molecular formula is C26H25ClFNO2. The van der Waals surface area contributed by atoms with Crippen LogP contribution in [0.3, 0.4) is 0 Å². The highest BCUT2D eigenvalue weighted by molar-refractivity contribution is 5.98. The molecule has 0 fully saturated rings. The standard InChI is InChI=1S/C26H24FNO2.ClH/c1-18(29)21-7-5-19(6-8-21)14-26(30)23-4-2-3-20(13-23)16-28-12-11-22-15-25(27)10-9-24(22)17-28;/h2-10,13,15H,11-12,14,16-17H2,1H3;1H. The van der Waals surface area contributed by atoms with Crippen molar-refractivity contribution in [3.05, 3.63) is 106 Å². The number of hydrogen-bond donors (Lipinski definition) is 0. The summed E-state index contributed by atoms with van der Waals surface area (Å²) in [6.07, 6.45) is 1.15. The van der Waals surface area contributed by atoms with Gasteiger partial charge in [0.1, 0.15) is 5.82 Å². The zero-order valence-corrected chi connectivity index (χ0v) is 18.3. The summed E-state index contributed by atoms with van der Waals surface area (Å²) in [5, 5.41) is 0. The van der Waals surface area contributed by atoms with Crippen LogP contribution in [0.15, 0.2) is 66.7 Å². The van der Waals surface area contributed by atoms with Crippen LogP contribution >= 0.6 is 12.4 Å².